The van der Waals surface area contributed by atoms with Gasteiger partial charge in [-0.2, -0.15) is 0 Å². The number of aryl methyl sites for hydroxylation is 1. The van der Waals surface area contributed by atoms with Gasteiger partial charge in [0.05, 0.1) is 5.41 Å². The largest absolute Gasteiger partial charge is 0.0714 e. The van der Waals surface area contributed by atoms with Crippen molar-refractivity contribution in [2.45, 2.75) is 50.9 Å². The molecule has 0 aliphatic heterocycles. The zero-order valence-corrected chi connectivity index (χ0v) is 39.4. The summed E-state index contributed by atoms with van der Waals surface area (Å²) in [5.41, 5.74) is 29.0. The van der Waals surface area contributed by atoms with Gasteiger partial charge >= 0.3 is 0 Å². The van der Waals surface area contributed by atoms with Gasteiger partial charge in [-0.3, -0.25) is 0 Å². The van der Waals surface area contributed by atoms with Gasteiger partial charge in [0.2, 0.25) is 0 Å². The molecule has 3 aliphatic carbocycles. The lowest BCUT2D eigenvalue weighted by atomic mass is 9.66. The molecule has 324 valence electrons. The van der Waals surface area contributed by atoms with Crippen LogP contribution in [0.5, 0.6) is 0 Å². The summed E-state index contributed by atoms with van der Waals surface area (Å²) >= 11 is 0. The molecule has 0 N–H and O–H groups in total. The number of rotatable bonds is 6. The highest BCUT2D eigenvalue weighted by atomic mass is 14.5. The molecule has 10 aromatic carbocycles. The first-order valence-electron chi connectivity index (χ1n) is 24.2. The van der Waals surface area contributed by atoms with Gasteiger partial charge < -0.3 is 0 Å². The number of benzene rings is 10. The van der Waals surface area contributed by atoms with Crippen LogP contribution in [0.2, 0.25) is 0 Å². The Morgan fingerprint density at radius 2 is 0.647 bits per heavy atom. The first-order chi connectivity index (χ1) is 33.2. The van der Waals surface area contributed by atoms with Gasteiger partial charge in [0.15, 0.2) is 0 Å². The topological polar surface area (TPSA) is 0 Å². The van der Waals surface area contributed by atoms with E-state index in [-0.39, 0.29) is 10.8 Å². The fourth-order valence-corrected chi connectivity index (χ4v) is 12.8. The SMILES string of the molecule is Cc1ccc2c(c1)-c1c(-c3cccc(-c4ccccc4)c3)cccc1C2(c1cccc(-c2cccc3c2-c2ccccc2C3(C)C)c1)c1cccc(-c2cccc3c2-c2ccccc2C3(C)C)c1. The summed E-state index contributed by atoms with van der Waals surface area (Å²) in [5, 5.41) is 0. The molecule has 0 bridgehead atoms. The lowest BCUT2D eigenvalue weighted by Gasteiger charge is -2.35. The molecule has 0 saturated heterocycles. The van der Waals surface area contributed by atoms with E-state index in [1.165, 1.54) is 128 Å². The summed E-state index contributed by atoms with van der Waals surface area (Å²) in [6.45, 7) is 11.8. The van der Waals surface area contributed by atoms with E-state index in [0.29, 0.717) is 0 Å². The van der Waals surface area contributed by atoms with Crippen molar-refractivity contribution in [3.63, 3.8) is 0 Å². The number of fused-ring (bicyclic) bond motifs is 9. The molecule has 0 fully saturated rings. The average Bonchev–Trinajstić information content (AvgIpc) is 3.91. The average molecular weight is 869 g/mol. The summed E-state index contributed by atoms with van der Waals surface area (Å²) in [7, 11) is 0. The second-order valence-corrected chi connectivity index (χ2v) is 20.4. The third-order valence-corrected chi connectivity index (χ3v) is 16.0. The molecule has 0 radical (unpaired) electrons. The molecule has 0 atom stereocenters. The molecule has 0 heterocycles. The van der Waals surface area contributed by atoms with E-state index in [9.17, 15) is 0 Å². The maximum atomic E-state index is 2.52. The van der Waals surface area contributed by atoms with E-state index in [1.807, 2.05) is 0 Å². The summed E-state index contributed by atoms with van der Waals surface area (Å²) in [6.07, 6.45) is 0. The summed E-state index contributed by atoms with van der Waals surface area (Å²) < 4.78 is 0. The monoisotopic (exact) mass is 868 g/mol. The lowest BCUT2D eigenvalue weighted by Crippen LogP contribution is -2.28. The molecule has 13 rings (SSSR count). The number of hydrogen-bond acceptors (Lipinski definition) is 0. The molecular weight excluding hydrogens is 817 g/mol. The Morgan fingerprint density at radius 3 is 1.21 bits per heavy atom. The van der Waals surface area contributed by atoms with Crippen LogP contribution in [0.15, 0.2) is 224 Å². The minimum Gasteiger partial charge on any atom is -0.0622 e. The van der Waals surface area contributed by atoms with Gasteiger partial charge in [0.25, 0.3) is 0 Å². The molecule has 0 nitrogen and oxygen atoms in total. The molecule has 0 spiro atoms. The van der Waals surface area contributed by atoms with Crippen LogP contribution in [0.1, 0.15) is 77.8 Å². The van der Waals surface area contributed by atoms with Crippen molar-refractivity contribution in [1.29, 1.82) is 0 Å². The molecule has 10 aromatic rings. The van der Waals surface area contributed by atoms with Crippen LogP contribution in [0.4, 0.5) is 0 Å². The van der Waals surface area contributed by atoms with Crippen molar-refractivity contribution >= 4 is 0 Å². The van der Waals surface area contributed by atoms with Crippen molar-refractivity contribution in [3.8, 4) is 77.9 Å². The van der Waals surface area contributed by atoms with Crippen LogP contribution in [0.25, 0.3) is 77.9 Å². The van der Waals surface area contributed by atoms with Crippen LogP contribution < -0.4 is 0 Å². The van der Waals surface area contributed by atoms with Crippen molar-refractivity contribution in [2.75, 3.05) is 0 Å². The first kappa shape index (κ1) is 40.5. The Labute approximate surface area is 401 Å². The third kappa shape index (κ3) is 5.67. The van der Waals surface area contributed by atoms with E-state index in [2.05, 4.69) is 259 Å². The summed E-state index contributed by atoms with van der Waals surface area (Å²) in [4.78, 5) is 0. The zero-order valence-electron chi connectivity index (χ0n) is 39.4. The Bertz CT molecular complexity index is 3540. The second-order valence-electron chi connectivity index (χ2n) is 20.4. The smallest absolute Gasteiger partial charge is 0.0622 e. The molecule has 0 saturated carbocycles. The summed E-state index contributed by atoms with van der Waals surface area (Å²) in [5.74, 6) is 0. The van der Waals surface area contributed by atoms with Crippen molar-refractivity contribution in [1.82, 2.24) is 0 Å². The Kier molecular flexibility index (Phi) is 8.84. The van der Waals surface area contributed by atoms with Crippen molar-refractivity contribution < 1.29 is 0 Å². The van der Waals surface area contributed by atoms with Crippen LogP contribution in [0.3, 0.4) is 0 Å². The van der Waals surface area contributed by atoms with Crippen LogP contribution in [-0.2, 0) is 16.2 Å². The van der Waals surface area contributed by atoms with E-state index in [1.54, 1.807) is 0 Å². The van der Waals surface area contributed by atoms with Gasteiger partial charge in [-0.1, -0.05) is 240 Å². The van der Waals surface area contributed by atoms with Crippen LogP contribution >= 0.6 is 0 Å². The van der Waals surface area contributed by atoms with E-state index in [4.69, 9.17) is 0 Å². The fourth-order valence-electron chi connectivity index (χ4n) is 12.8. The Hall–Kier alpha value is -7.80. The molecule has 0 aromatic heterocycles. The minimum atomic E-state index is -0.651. The number of hydrogen-bond donors (Lipinski definition) is 0. The third-order valence-electron chi connectivity index (χ3n) is 16.0. The van der Waals surface area contributed by atoms with Gasteiger partial charge in [0.1, 0.15) is 0 Å². The maximum absolute atomic E-state index is 2.52. The highest BCUT2D eigenvalue weighted by molar-refractivity contribution is 5.98. The standard InChI is InChI=1S/C68H52/c1-43-37-38-59-56(39-43)65-51(46-22-13-21-45(40-46)44-19-7-6-8-20-44)31-18-36-62(65)68(59,49-25-14-23-47(41-49)52-29-16-34-60-63(52)54-27-9-11-32-57(54)66(60,2)3)50-26-15-24-48(42-50)53-30-17-35-61-64(53)55-28-10-12-33-58(55)67(61,4)5/h6-42H,1-5H3. The van der Waals surface area contributed by atoms with E-state index < -0.39 is 5.41 Å². The van der Waals surface area contributed by atoms with Gasteiger partial charge in [0, 0.05) is 10.8 Å². The van der Waals surface area contributed by atoms with E-state index >= 15 is 0 Å². The molecule has 3 aliphatic rings. The highest BCUT2D eigenvalue weighted by Crippen LogP contribution is 2.60. The normalized spacial score (nSPS) is 14.9. The highest BCUT2D eigenvalue weighted by Gasteiger charge is 2.48. The molecule has 68 heavy (non-hydrogen) atoms. The quantitative estimate of drug-likeness (QED) is 0.156. The van der Waals surface area contributed by atoms with Crippen LogP contribution in [0, 0.1) is 6.92 Å². The molecule has 0 heteroatoms. The lowest BCUT2D eigenvalue weighted by molar-refractivity contribution is 0.660. The van der Waals surface area contributed by atoms with Crippen LogP contribution in [-0.4, -0.2) is 0 Å². The van der Waals surface area contributed by atoms with Gasteiger partial charge in [-0.25, -0.2) is 0 Å². The van der Waals surface area contributed by atoms with E-state index in [0.717, 1.165) is 0 Å². The minimum absolute atomic E-state index is 0.0933. The maximum Gasteiger partial charge on any atom is 0.0714 e. The van der Waals surface area contributed by atoms with Crippen molar-refractivity contribution in [2.24, 2.45) is 0 Å². The van der Waals surface area contributed by atoms with Gasteiger partial charge in [-0.15, -0.1) is 0 Å². The Balaban J connectivity index is 1.09. The molecule has 0 unspecified atom stereocenters. The fraction of sp³-hybridized carbons (Fsp3) is 0.118. The second kappa shape index (κ2) is 14.9. The van der Waals surface area contributed by atoms with Gasteiger partial charge in [-0.05, 0) is 148 Å². The zero-order chi connectivity index (χ0) is 45.9. The van der Waals surface area contributed by atoms with Crippen molar-refractivity contribution in [3.05, 3.63) is 275 Å². The summed E-state index contributed by atoms with van der Waals surface area (Å²) in [6, 6.07) is 85.3. The predicted octanol–water partition coefficient (Wildman–Crippen LogP) is 17.6. The predicted molar refractivity (Wildman–Crippen MR) is 285 cm³/mol. The first-order valence-corrected chi connectivity index (χ1v) is 24.2. The Morgan fingerprint density at radius 1 is 0.250 bits per heavy atom. The molecule has 0 amide bonds. The molecular formula is C68H52.